The van der Waals surface area contributed by atoms with Crippen LogP contribution in [0.2, 0.25) is 0 Å². The van der Waals surface area contributed by atoms with Crippen molar-refractivity contribution in [2.75, 3.05) is 0 Å². The van der Waals surface area contributed by atoms with Gasteiger partial charge in [0, 0.05) is 5.39 Å². The van der Waals surface area contributed by atoms with Gasteiger partial charge < -0.3 is 0 Å². The monoisotopic (exact) mass is 259 g/mol. The molecule has 0 N–H and O–H groups in total. The van der Waals surface area contributed by atoms with E-state index < -0.39 is 0 Å². The van der Waals surface area contributed by atoms with Gasteiger partial charge in [0.1, 0.15) is 0 Å². The molecule has 3 rings (SSSR count). The minimum Gasteiger partial charge on any atom is -0.248 e. The van der Waals surface area contributed by atoms with E-state index >= 15 is 0 Å². The molecular formula is C19H17N. The molecule has 0 amide bonds. The smallest absolute Gasteiger partial charge is 0.0714 e. The fourth-order valence-electron chi connectivity index (χ4n) is 2.45. The van der Waals surface area contributed by atoms with Gasteiger partial charge in [-0.1, -0.05) is 48.5 Å². The number of hydrogen-bond donors (Lipinski definition) is 0. The van der Waals surface area contributed by atoms with Gasteiger partial charge in [-0.3, -0.25) is 0 Å². The lowest BCUT2D eigenvalue weighted by molar-refractivity contribution is 1.33. The maximum atomic E-state index is 4.73. The lowest BCUT2D eigenvalue weighted by Crippen LogP contribution is -1.87. The predicted octanol–water partition coefficient (Wildman–Crippen LogP) is 5.02. The fraction of sp³-hybridized carbons (Fsp3) is 0.105. The van der Waals surface area contributed by atoms with E-state index in [1.807, 2.05) is 18.2 Å². The number of nitrogens with zero attached hydrogens (tertiary/aromatic N) is 1. The molecule has 0 saturated carbocycles. The molecule has 0 atom stereocenters. The number of hydrogen-bond acceptors (Lipinski definition) is 1. The number of fused-ring (bicyclic) bond motifs is 1. The molecule has 0 aliphatic rings. The summed E-state index contributed by atoms with van der Waals surface area (Å²) in [5, 5.41) is 1.23. The first-order valence-electron chi connectivity index (χ1n) is 6.83. The van der Waals surface area contributed by atoms with Crippen LogP contribution in [0.15, 0.2) is 54.6 Å². The van der Waals surface area contributed by atoms with Crippen molar-refractivity contribution in [2.24, 2.45) is 0 Å². The molecule has 0 fully saturated rings. The largest absolute Gasteiger partial charge is 0.248 e. The van der Waals surface area contributed by atoms with Crippen molar-refractivity contribution in [3.63, 3.8) is 0 Å². The quantitative estimate of drug-likeness (QED) is 0.629. The third-order valence-corrected chi connectivity index (χ3v) is 3.43. The number of benzene rings is 2. The van der Waals surface area contributed by atoms with Gasteiger partial charge in [-0.05, 0) is 48.7 Å². The average molecular weight is 259 g/mol. The summed E-state index contributed by atoms with van der Waals surface area (Å²) in [5.74, 6) is 0. The molecule has 0 aliphatic carbocycles. The lowest BCUT2D eigenvalue weighted by atomic mass is 10.1. The molecule has 0 bridgehead atoms. The molecule has 1 heteroatoms. The van der Waals surface area contributed by atoms with E-state index in [2.05, 4.69) is 62.4 Å². The second-order valence-corrected chi connectivity index (χ2v) is 5.13. The van der Waals surface area contributed by atoms with Crippen LogP contribution in [0, 0.1) is 13.8 Å². The Morgan fingerprint density at radius 2 is 1.65 bits per heavy atom. The van der Waals surface area contributed by atoms with Gasteiger partial charge in [0.2, 0.25) is 0 Å². The predicted molar refractivity (Wildman–Crippen MR) is 86.6 cm³/mol. The van der Waals surface area contributed by atoms with Crippen LogP contribution >= 0.6 is 0 Å². The highest BCUT2D eigenvalue weighted by Crippen LogP contribution is 2.20. The highest BCUT2D eigenvalue weighted by atomic mass is 14.7. The molecule has 1 heterocycles. The molecule has 0 spiro atoms. The minimum absolute atomic E-state index is 0.992. The van der Waals surface area contributed by atoms with Crippen molar-refractivity contribution >= 4 is 23.1 Å². The summed E-state index contributed by atoms with van der Waals surface area (Å²) in [6, 6.07) is 18.9. The van der Waals surface area contributed by atoms with Crippen molar-refractivity contribution < 1.29 is 0 Å². The van der Waals surface area contributed by atoms with Crippen LogP contribution in [0.1, 0.15) is 22.4 Å². The van der Waals surface area contributed by atoms with Crippen LogP contribution in [0.25, 0.3) is 23.1 Å². The van der Waals surface area contributed by atoms with Crippen molar-refractivity contribution in [1.29, 1.82) is 0 Å². The summed E-state index contributed by atoms with van der Waals surface area (Å²) in [5.41, 5.74) is 5.79. The van der Waals surface area contributed by atoms with Gasteiger partial charge in [-0.2, -0.15) is 0 Å². The summed E-state index contributed by atoms with van der Waals surface area (Å²) >= 11 is 0. The van der Waals surface area contributed by atoms with E-state index in [1.165, 1.54) is 22.1 Å². The summed E-state index contributed by atoms with van der Waals surface area (Å²) in [6.07, 6.45) is 4.16. The first kappa shape index (κ1) is 12.6. The van der Waals surface area contributed by atoms with Gasteiger partial charge in [-0.25, -0.2) is 4.98 Å². The summed E-state index contributed by atoms with van der Waals surface area (Å²) in [7, 11) is 0. The van der Waals surface area contributed by atoms with E-state index in [4.69, 9.17) is 4.98 Å². The van der Waals surface area contributed by atoms with E-state index in [0.29, 0.717) is 0 Å². The van der Waals surface area contributed by atoms with Crippen LogP contribution in [0.5, 0.6) is 0 Å². The molecule has 2 aromatic carbocycles. The molecule has 0 aliphatic heterocycles. The first-order chi connectivity index (χ1) is 9.72. The van der Waals surface area contributed by atoms with Gasteiger partial charge in [-0.15, -0.1) is 0 Å². The van der Waals surface area contributed by atoms with Crippen molar-refractivity contribution in [3.8, 4) is 0 Å². The highest BCUT2D eigenvalue weighted by molar-refractivity contribution is 5.84. The van der Waals surface area contributed by atoms with Gasteiger partial charge >= 0.3 is 0 Å². The van der Waals surface area contributed by atoms with Crippen LogP contribution in [-0.4, -0.2) is 4.98 Å². The molecule has 3 aromatic rings. The molecule has 20 heavy (non-hydrogen) atoms. The lowest BCUT2D eigenvalue weighted by Gasteiger charge is -2.04. The number of aromatic nitrogens is 1. The maximum Gasteiger partial charge on any atom is 0.0714 e. The molecule has 0 radical (unpaired) electrons. The van der Waals surface area contributed by atoms with E-state index in [0.717, 1.165) is 11.2 Å². The topological polar surface area (TPSA) is 12.9 Å². The highest BCUT2D eigenvalue weighted by Gasteiger charge is 2.00. The molecule has 0 unspecified atom stereocenters. The van der Waals surface area contributed by atoms with Crippen LogP contribution < -0.4 is 0 Å². The molecule has 1 nitrogen and oxygen atoms in total. The molecule has 1 aromatic heterocycles. The third kappa shape index (κ3) is 2.62. The van der Waals surface area contributed by atoms with Crippen LogP contribution in [0.4, 0.5) is 0 Å². The summed E-state index contributed by atoms with van der Waals surface area (Å²) in [6.45, 7) is 4.25. The van der Waals surface area contributed by atoms with Crippen molar-refractivity contribution in [1.82, 2.24) is 4.98 Å². The van der Waals surface area contributed by atoms with Crippen LogP contribution in [-0.2, 0) is 0 Å². The zero-order chi connectivity index (χ0) is 13.9. The van der Waals surface area contributed by atoms with E-state index in [1.54, 1.807) is 0 Å². The Bertz CT molecular complexity index is 770. The van der Waals surface area contributed by atoms with Gasteiger partial charge in [0.05, 0.1) is 11.2 Å². The maximum absolute atomic E-state index is 4.73. The third-order valence-electron chi connectivity index (χ3n) is 3.43. The summed E-state index contributed by atoms with van der Waals surface area (Å²) in [4.78, 5) is 4.73. The number of pyridine rings is 1. The Hall–Kier alpha value is -2.41. The number of rotatable bonds is 2. The molecule has 0 saturated heterocycles. The Kier molecular flexibility index (Phi) is 3.34. The second-order valence-electron chi connectivity index (χ2n) is 5.13. The zero-order valence-corrected chi connectivity index (χ0v) is 11.8. The molecule has 98 valence electrons. The SMILES string of the molecule is Cc1cc(C)c2ccc(/C=C/c3ccccc3)nc2c1. The van der Waals surface area contributed by atoms with E-state index in [9.17, 15) is 0 Å². The fourth-order valence-corrected chi connectivity index (χ4v) is 2.45. The number of aryl methyl sites for hydroxylation is 2. The van der Waals surface area contributed by atoms with Crippen LogP contribution in [0.3, 0.4) is 0 Å². The minimum atomic E-state index is 0.992. The normalized spacial score (nSPS) is 11.3. The van der Waals surface area contributed by atoms with Gasteiger partial charge in [0.25, 0.3) is 0 Å². The zero-order valence-electron chi connectivity index (χ0n) is 11.8. The van der Waals surface area contributed by atoms with Gasteiger partial charge in [0.15, 0.2) is 0 Å². The Balaban J connectivity index is 1.99. The average Bonchev–Trinajstić information content (AvgIpc) is 2.45. The first-order valence-corrected chi connectivity index (χ1v) is 6.83. The second kappa shape index (κ2) is 5.30. The Labute approximate surface area is 119 Å². The molecular weight excluding hydrogens is 242 g/mol. The standard InChI is InChI=1S/C19H17N/c1-14-12-15(2)18-11-10-17(20-19(18)13-14)9-8-16-6-4-3-5-7-16/h3-13H,1-2H3/b9-8+. The Morgan fingerprint density at radius 1 is 0.850 bits per heavy atom. The Morgan fingerprint density at radius 3 is 2.45 bits per heavy atom. The summed E-state index contributed by atoms with van der Waals surface area (Å²) < 4.78 is 0. The van der Waals surface area contributed by atoms with Crippen molar-refractivity contribution in [3.05, 3.63) is 77.0 Å². The van der Waals surface area contributed by atoms with Crippen molar-refractivity contribution in [2.45, 2.75) is 13.8 Å². The van der Waals surface area contributed by atoms with E-state index in [-0.39, 0.29) is 0 Å².